The van der Waals surface area contributed by atoms with Gasteiger partial charge in [-0.3, -0.25) is 4.79 Å². The van der Waals surface area contributed by atoms with Gasteiger partial charge in [0.25, 0.3) is 0 Å². The fourth-order valence-electron chi connectivity index (χ4n) is 1.26. The molecule has 0 spiro atoms. The Bertz CT molecular complexity index is 415. The Morgan fingerprint density at radius 3 is 2.76 bits per heavy atom. The molecule has 0 saturated heterocycles. The number of carbonyl (C=O) groups excluding carboxylic acids is 1. The Morgan fingerprint density at radius 1 is 1.59 bits per heavy atom. The molecule has 94 valence electrons. The summed E-state index contributed by atoms with van der Waals surface area (Å²) >= 11 is 1.68. The first kappa shape index (κ1) is 13.5. The maximum absolute atomic E-state index is 11.6. The van der Waals surface area contributed by atoms with Crippen molar-refractivity contribution in [2.45, 2.75) is 26.8 Å². The van der Waals surface area contributed by atoms with Gasteiger partial charge in [0, 0.05) is 9.75 Å². The van der Waals surface area contributed by atoms with Crippen molar-refractivity contribution in [2.24, 2.45) is 16.8 Å². The van der Waals surface area contributed by atoms with E-state index in [0.717, 1.165) is 11.3 Å². The van der Waals surface area contributed by atoms with Gasteiger partial charge in [0.1, 0.15) is 0 Å². The zero-order valence-corrected chi connectivity index (χ0v) is 10.8. The molecule has 0 saturated carbocycles. The van der Waals surface area contributed by atoms with Gasteiger partial charge >= 0.3 is 0 Å². The molecule has 0 aliphatic heterocycles. The van der Waals surface area contributed by atoms with Gasteiger partial charge in [0.05, 0.1) is 12.5 Å². The fraction of sp³-hybridized carbons (Fsp3) is 0.455. The zero-order valence-electron chi connectivity index (χ0n) is 9.93. The second kappa shape index (κ2) is 6.24. The van der Waals surface area contributed by atoms with E-state index in [2.05, 4.69) is 23.5 Å². The Balaban J connectivity index is 2.48. The summed E-state index contributed by atoms with van der Waals surface area (Å²) < 4.78 is 0. The summed E-state index contributed by atoms with van der Waals surface area (Å²) in [6, 6.07) is 4.05. The maximum Gasteiger partial charge on any atom is 0.230 e. The Hall–Kier alpha value is -1.56. The summed E-state index contributed by atoms with van der Waals surface area (Å²) in [5.74, 6) is -0.944. The molecule has 1 unspecified atom stereocenters. The second-order valence-electron chi connectivity index (χ2n) is 3.69. The van der Waals surface area contributed by atoms with Gasteiger partial charge in [0.2, 0.25) is 5.91 Å². The van der Waals surface area contributed by atoms with Gasteiger partial charge in [-0.05, 0) is 25.5 Å². The third kappa shape index (κ3) is 3.74. The van der Waals surface area contributed by atoms with Gasteiger partial charge in [-0.25, -0.2) is 0 Å². The molecule has 1 rings (SSSR count). The predicted octanol–water partition coefficient (Wildman–Crippen LogP) is 1.31. The molecular formula is C11H17N3O2S. The lowest BCUT2D eigenvalue weighted by Gasteiger charge is -2.09. The third-order valence-electron chi connectivity index (χ3n) is 2.46. The number of hydrogen-bond donors (Lipinski definition) is 3. The molecule has 0 fully saturated rings. The average molecular weight is 255 g/mol. The first-order chi connectivity index (χ1) is 8.08. The van der Waals surface area contributed by atoms with Gasteiger partial charge in [-0.15, -0.1) is 11.3 Å². The quantitative estimate of drug-likeness (QED) is 0.321. The molecule has 1 heterocycles. The Morgan fingerprint density at radius 2 is 2.24 bits per heavy atom. The van der Waals surface area contributed by atoms with E-state index in [-0.39, 0.29) is 11.7 Å². The molecule has 0 aromatic carbocycles. The van der Waals surface area contributed by atoms with Crippen LogP contribution >= 0.6 is 11.3 Å². The van der Waals surface area contributed by atoms with Crippen LogP contribution in [0.2, 0.25) is 0 Å². The minimum atomic E-state index is -0.620. The molecular weight excluding hydrogens is 238 g/mol. The lowest BCUT2D eigenvalue weighted by atomic mass is 10.1. The lowest BCUT2D eigenvalue weighted by molar-refractivity contribution is -0.122. The third-order valence-corrected chi connectivity index (χ3v) is 3.68. The summed E-state index contributed by atoms with van der Waals surface area (Å²) in [6.45, 7) is 4.16. The zero-order chi connectivity index (χ0) is 12.8. The normalized spacial score (nSPS) is 13.4. The average Bonchev–Trinajstić information content (AvgIpc) is 2.81. The first-order valence-corrected chi connectivity index (χ1v) is 6.22. The van der Waals surface area contributed by atoms with Crippen LogP contribution in [0.4, 0.5) is 0 Å². The minimum Gasteiger partial charge on any atom is -0.409 e. The largest absolute Gasteiger partial charge is 0.409 e. The maximum atomic E-state index is 11.6. The molecule has 5 nitrogen and oxygen atoms in total. The van der Waals surface area contributed by atoms with E-state index >= 15 is 0 Å². The molecule has 1 amide bonds. The van der Waals surface area contributed by atoms with Crippen LogP contribution in [0.1, 0.15) is 23.6 Å². The Labute approximate surface area is 104 Å². The molecule has 0 aliphatic carbocycles. The number of amidine groups is 1. The van der Waals surface area contributed by atoms with Crippen LogP contribution in [0.15, 0.2) is 17.3 Å². The van der Waals surface area contributed by atoms with E-state index in [0.29, 0.717) is 6.54 Å². The van der Waals surface area contributed by atoms with Crippen LogP contribution in [0, 0.1) is 5.92 Å². The van der Waals surface area contributed by atoms with Crippen LogP contribution in [-0.4, -0.2) is 17.0 Å². The number of aryl methyl sites for hydroxylation is 1. The van der Waals surface area contributed by atoms with Crippen molar-refractivity contribution in [1.82, 2.24) is 5.32 Å². The van der Waals surface area contributed by atoms with Gasteiger partial charge in [-0.2, -0.15) is 0 Å². The molecule has 0 radical (unpaired) electrons. The van der Waals surface area contributed by atoms with Crippen molar-refractivity contribution in [2.75, 3.05) is 0 Å². The van der Waals surface area contributed by atoms with Crippen LogP contribution in [0.5, 0.6) is 0 Å². The number of rotatable bonds is 5. The van der Waals surface area contributed by atoms with Crippen molar-refractivity contribution in [3.63, 3.8) is 0 Å². The fourth-order valence-corrected chi connectivity index (χ4v) is 2.15. The van der Waals surface area contributed by atoms with E-state index in [1.165, 1.54) is 4.88 Å². The summed E-state index contributed by atoms with van der Waals surface area (Å²) in [6.07, 6.45) is 0.999. The van der Waals surface area contributed by atoms with Gasteiger partial charge in [-0.1, -0.05) is 12.1 Å². The number of nitrogens with one attached hydrogen (secondary N) is 1. The van der Waals surface area contributed by atoms with E-state index < -0.39 is 5.92 Å². The highest BCUT2D eigenvalue weighted by atomic mass is 32.1. The van der Waals surface area contributed by atoms with E-state index in [9.17, 15) is 4.79 Å². The highest BCUT2D eigenvalue weighted by Crippen LogP contribution is 2.16. The van der Waals surface area contributed by atoms with Crippen molar-refractivity contribution < 1.29 is 10.0 Å². The SMILES string of the molecule is CCc1ccc(CNC(=O)C(C)/C(N)=N/O)s1. The predicted molar refractivity (Wildman–Crippen MR) is 68.1 cm³/mol. The number of nitrogens with zero attached hydrogens (tertiary/aromatic N) is 1. The standard InChI is InChI=1S/C11H17N3O2S/c1-3-8-4-5-9(17-8)6-13-11(15)7(2)10(12)14-16/h4-5,7,16H,3,6H2,1-2H3,(H2,12,14)(H,13,15). The lowest BCUT2D eigenvalue weighted by Crippen LogP contribution is -2.36. The molecule has 1 aromatic heterocycles. The smallest absolute Gasteiger partial charge is 0.230 e. The number of nitrogens with two attached hydrogens (primary N) is 1. The van der Waals surface area contributed by atoms with Crippen LogP contribution in [0.3, 0.4) is 0 Å². The molecule has 6 heteroatoms. The van der Waals surface area contributed by atoms with Gasteiger partial charge < -0.3 is 16.3 Å². The summed E-state index contributed by atoms with van der Waals surface area (Å²) in [7, 11) is 0. The highest BCUT2D eigenvalue weighted by molar-refractivity contribution is 7.11. The highest BCUT2D eigenvalue weighted by Gasteiger charge is 2.17. The molecule has 4 N–H and O–H groups in total. The molecule has 1 aromatic rings. The topological polar surface area (TPSA) is 87.7 Å². The molecule has 0 bridgehead atoms. The van der Waals surface area contributed by atoms with Crippen molar-refractivity contribution in [3.05, 3.63) is 21.9 Å². The van der Waals surface area contributed by atoms with Crippen LogP contribution in [-0.2, 0) is 17.8 Å². The summed E-state index contributed by atoms with van der Waals surface area (Å²) in [5, 5.41) is 14.0. The van der Waals surface area contributed by atoms with E-state index in [1.54, 1.807) is 18.3 Å². The first-order valence-electron chi connectivity index (χ1n) is 5.41. The monoisotopic (exact) mass is 255 g/mol. The second-order valence-corrected chi connectivity index (χ2v) is 4.94. The molecule has 0 aliphatic rings. The van der Waals surface area contributed by atoms with Gasteiger partial charge in [0.15, 0.2) is 5.84 Å². The van der Waals surface area contributed by atoms with Crippen molar-refractivity contribution in [1.29, 1.82) is 0 Å². The van der Waals surface area contributed by atoms with E-state index in [1.807, 2.05) is 6.07 Å². The Kier molecular flexibility index (Phi) is 4.96. The minimum absolute atomic E-state index is 0.0806. The number of amides is 1. The van der Waals surface area contributed by atoms with Crippen molar-refractivity contribution in [3.8, 4) is 0 Å². The number of carbonyl (C=O) groups is 1. The number of thiophene rings is 1. The molecule has 17 heavy (non-hydrogen) atoms. The summed E-state index contributed by atoms with van der Waals surface area (Å²) in [5.41, 5.74) is 5.35. The number of hydrogen-bond acceptors (Lipinski definition) is 4. The van der Waals surface area contributed by atoms with Crippen LogP contribution < -0.4 is 11.1 Å². The number of oxime groups is 1. The van der Waals surface area contributed by atoms with Crippen LogP contribution in [0.25, 0.3) is 0 Å². The summed E-state index contributed by atoms with van der Waals surface area (Å²) in [4.78, 5) is 14.0. The van der Waals surface area contributed by atoms with Crippen molar-refractivity contribution >= 4 is 23.1 Å². The molecule has 1 atom stereocenters. The van der Waals surface area contributed by atoms with E-state index in [4.69, 9.17) is 10.9 Å².